The van der Waals surface area contributed by atoms with E-state index in [1.807, 2.05) is 17.0 Å². The molecule has 4 aromatic rings. The Hall–Kier alpha value is -5.06. The predicted octanol–water partition coefficient (Wildman–Crippen LogP) is 1.60. The lowest BCUT2D eigenvalue weighted by Crippen LogP contribution is -2.30. The first-order valence-corrected chi connectivity index (χ1v) is 13.5. The van der Waals surface area contributed by atoms with Gasteiger partial charge in [0.15, 0.2) is 23.1 Å². The highest BCUT2D eigenvalue weighted by atomic mass is 32.2. The van der Waals surface area contributed by atoms with Gasteiger partial charge in [0.25, 0.3) is 11.8 Å². The highest BCUT2D eigenvalue weighted by Crippen LogP contribution is 2.39. The van der Waals surface area contributed by atoms with Crippen LogP contribution in [0.4, 0.5) is 27.4 Å². The average molecular weight is 590 g/mol. The Labute approximate surface area is 238 Å². The third kappa shape index (κ3) is 6.40. The highest BCUT2D eigenvalue weighted by molar-refractivity contribution is 7.89. The van der Waals surface area contributed by atoms with Gasteiger partial charge in [-0.3, -0.25) is 19.0 Å². The van der Waals surface area contributed by atoms with Crippen molar-refractivity contribution in [3.05, 3.63) is 53.2 Å². The number of methoxy groups -OCH3 is 1. The van der Waals surface area contributed by atoms with E-state index in [1.165, 1.54) is 26.3 Å². The molecule has 0 aliphatic carbocycles. The maximum Gasteiger partial charge on any atom is 0.282 e. The fourth-order valence-electron chi connectivity index (χ4n) is 3.80. The molecule has 0 aliphatic heterocycles. The van der Waals surface area contributed by atoms with Gasteiger partial charge in [-0.25, -0.2) is 17.5 Å². The van der Waals surface area contributed by atoms with Gasteiger partial charge in [-0.05, 0) is 19.1 Å². The topological polar surface area (TPSA) is 187 Å². The molecule has 0 atom stereocenters. The molecule has 0 saturated carbocycles. The Kier molecular flexibility index (Phi) is 6.82. The molecule has 0 fully saturated rings. The summed E-state index contributed by atoms with van der Waals surface area (Å²) in [7, 11) is 0.532. The number of carbonyl (C=O) groups is 2. The van der Waals surface area contributed by atoms with Gasteiger partial charge in [-0.1, -0.05) is 0 Å². The van der Waals surface area contributed by atoms with Crippen LogP contribution in [0.3, 0.4) is 0 Å². The normalized spacial score (nSPS) is 12.6. The molecule has 0 radical (unpaired) electrons. The van der Waals surface area contributed by atoms with Crippen molar-refractivity contribution in [2.45, 2.75) is 6.92 Å². The van der Waals surface area contributed by atoms with E-state index >= 15 is 4.39 Å². The molecule has 216 valence electrons. The van der Waals surface area contributed by atoms with Gasteiger partial charge in [0.2, 0.25) is 10.0 Å². The van der Waals surface area contributed by atoms with Crippen molar-refractivity contribution in [3.8, 4) is 17.0 Å². The molecule has 15 nitrogen and oxygen atoms in total. The highest BCUT2D eigenvalue weighted by Gasteiger charge is 2.23. The molecule has 4 N–H and O–H groups in total. The van der Waals surface area contributed by atoms with E-state index in [9.17, 15) is 18.0 Å². The van der Waals surface area contributed by atoms with Crippen molar-refractivity contribution in [1.82, 2.24) is 39.8 Å². The minimum Gasteiger partial charge on any atom is -0.494 e. The average Bonchev–Trinajstić information content (AvgIpc) is 3.42. The molecule has 41 heavy (non-hydrogen) atoms. The van der Waals surface area contributed by atoms with E-state index in [0.29, 0.717) is 5.82 Å². The maximum atomic E-state index is 15.0. The number of halogens is 1. The minimum absolute atomic E-state index is 0.00780. The number of carbonyl (C=O) groups excluding carboxylic acids is 2. The molecule has 4 rings (SSSR count). The molecule has 1 aromatic carbocycles. The number of amides is 2. The number of aryl methyl sites for hydroxylation is 3. The van der Waals surface area contributed by atoms with E-state index in [2.05, 4.69) is 31.0 Å². The Balaban J connectivity index is 1.79. The van der Waals surface area contributed by atoms with Gasteiger partial charge in [-0.15, -0.1) is 10.2 Å². The maximum absolute atomic E-state index is 15.0. The number of ether oxygens (including phenoxy) is 1. The van der Waals surface area contributed by atoms with Crippen LogP contribution in [0.2, 0.25) is 0 Å². The number of benzene rings is 1. The zero-order chi connectivity index (χ0) is 32.6. The van der Waals surface area contributed by atoms with Crippen LogP contribution in [0.15, 0.2) is 30.3 Å². The second-order valence-electron chi connectivity index (χ2n) is 8.77. The largest absolute Gasteiger partial charge is 0.494 e. The lowest BCUT2D eigenvalue weighted by atomic mass is 10.1. The van der Waals surface area contributed by atoms with Gasteiger partial charge in [-0.2, -0.15) is 10.2 Å². The predicted molar refractivity (Wildman–Crippen MR) is 147 cm³/mol. The lowest BCUT2D eigenvalue weighted by Gasteiger charge is -2.16. The summed E-state index contributed by atoms with van der Waals surface area (Å²) >= 11 is 0. The monoisotopic (exact) mass is 589 g/mol. The lowest BCUT2D eigenvalue weighted by molar-refractivity contribution is 0.0954. The third-order valence-corrected chi connectivity index (χ3v) is 6.24. The number of sulfonamides is 1. The van der Waals surface area contributed by atoms with Crippen LogP contribution in [-0.2, 0) is 24.1 Å². The van der Waals surface area contributed by atoms with Crippen molar-refractivity contribution in [3.63, 3.8) is 0 Å². The van der Waals surface area contributed by atoms with Crippen molar-refractivity contribution < 1.29 is 31.2 Å². The summed E-state index contributed by atoms with van der Waals surface area (Å²) in [4.78, 5) is 25.3. The van der Waals surface area contributed by atoms with E-state index in [1.54, 1.807) is 17.8 Å². The number of rotatable bonds is 9. The summed E-state index contributed by atoms with van der Waals surface area (Å²) in [5.41, 5.74) is 0.235. The summed E-state index contributed by atoms with van der Waals surface area (Å²) in [6.45, 7) is -1.02. The van der Waals surface area contributed by atoms with Crippen molar-refractivity contribution in [2.24, 2.45) is 14.1 Å². The van der Waals surface area contributed by atoms with Crippen LogP contribution in [0.5, 0.6) is 5.75 Å². The number of hydrogen-bond acceptors (Lipinski definition) is 11. The number of aromatic nitrogens is 6. The van der Waals surface area contributed by atoms with Gasteiger partial charge in [0.05, 0.1) is 30.4 Å². The van der Waals surface area contributed by atoms with Crippen LogP contribution >= 0.6 is 0 Å². The van der Waals surface area contributed by atoms with E-state index in [-0.39, 0.29) is 39.9 Å². The molecule has 0 bridgehead atoms. The molecule has 3 heterocycles. The summed E-state index contributed by atoms with van der Waals surface area (Å²) in [6.07, 6.45) is 0.814. The molecule has 0 spiro atoms. The second kappa shape index (κ2) is 11.2. The van der Waals surface area contributed by atoms with E-state index < -0.39 is 40.3 Å². The van der Waals surface area contributed by atoms with Crippen LogP contribution in [-0.4, -0.2) is 70.3 Å². The first-order valence-electron chi connectivity index (χ1n) is 13.1. The molecule has 17 heteroatoms. The molecule has 0 saturated heterocycles. The Morgan fingerprint density at radius 1 is 0.976 bits per heavy atom. The van der Waals surface area contributed by atoms with Crippen LogP contribution in [0.25, 0.3) is 11.3 Å². The first kappa shape index (κ1) is 24.9. The summed E-state index contributed by atoms with van der Waals surface area (Å²) < 4.78 is 70.4. The quantitative estimate of drug-likeness (QED) is 0.222. The van der Waals surface area contributed by atoms with Crippen LogP contribution < -0.4 is 25.4 Å². The second-order valence-corrected chi connectivity index (χ2v) is 10.5. The molecular weight excluding hydrogens is 559 g/mol. The zero-order valence-corrected chi connectivity index (χ0v) is 23.2. The fraction of sp³-hybridized carbons (Fsp3) is 0.250. The standard InChI is InChI=1S/C24H27FN10O5S/c1-12-7-20(32-34(12)3)28-19-11-16(21(30-29-19)24(37)26-2)27-17-9-13(25)8-14(22(17)40-5)15-10-18(35(4)31-15)23(36)33-41(6,38)39/h7-11H,1-6H3,(H,26,37)(H,33,36)(H2,27,28,29,32)/i2D3. The fourth-order valence-corrected chi connectivity index (χ4v) is 4.24. The van der Waals surface area contributed by atoms with Crippen molar-refractivity contribution in [1.29, 1.82) is 0 Å². The van der Waals surface area contributed by atoms with Gasteiger partial charge in [0, 0.05) is 54.6 Å². The summed E-state index contributed by atoms with van der Waals surface area (Å²) in [5.74, 6) is -2.32. The van der Waals surface area contributed by atoms with E-state index in [4.69, 9.17) is 8.85 Å². The van der Waals surface area contributed by atoms with Crippen LogP contribution in [0, 0.1) is 12.7 Å². The number of anilines is 4. The van der Waals surface area contributed by atoms with Gasteiger partial charge < -0.3 is 20.7 Å². The number of nitrogens with one attached hydrogen (secondary N) is 4. The number of hydrogen-bond donors (Lipinski definition) is 4. The summed E-state index contributed by atoms with van der Waals surface area (Å²) in [5, 5.41) is 23.9. The molecule has 0 aliphatic rings. The zero-order valence-electron chi connectivity index (χ0n) is 25.4. The third-order valence-electron chi connectivity index (χ3n) is 5.69. The smallest absolute Gasteiger partial charge is 0.282 e. The minimum atomic E-state index is -3.88. The Bertz CT molecular complexity index is 1860. The number of nitrogens with zero attached hydrogens (tertiary/aromatic N) is 6. The van der Waals surface area contributed by atoms with Gasteiger partial charge in [0.1, 0.15) is 11.5 Å². The Morgan fingerprint density at radius 3 is 2.37 bits per heavy atom. The van der Waals surface area contributed by atoms with Crippen molar-refractivity contribution in [2.75, 3.05) is 31.0 Å². The first-order chi connectivity index (χ1) is 20.4. The molecule has 3 aromatic heterocycles. The SMILES string of the molecule is [2H]C([2H])([2H])NC(=O)c1nnc(Nc2cc(C)n(C)n2)cc1Nc1cc(F)cc(-c2cc(C(=O)NS(C)(=O)=O)n(C)n2)c1OC. The summed E-state index contributed by atoms with van der Waals surface area (Å²) in [6, 6.07) is 6.42. The van der Waals surface area contributed by atoms with Crippen molar-refractivity contribution >= 4 is 44.8 Å². The Morgan fingerprint density at radius 2 is 1.73 bits per heavy atom. The van der Waals surface area contributed by atoms with Crippen LogP contribution in [0.1, 0.15) is 30.8 Å². The van der Waals surface area contributed by atoms with E-state index in [0.717, 1.165) is 28.8 Å². The molecule has 2 amide bonds. The molecular formula is C24H27FN10O5S. The van der Waals surface area contributed by atoms with Gasteiger partial charge >= 0.3 is 0 Å². The molecule has 0 unspecified atom stereocenters.